The summed E-state index contributed by atoms with van der Waals surface area (Å²) < 4.78 is 0. The molecule has 0 N–H and O–H groups in total. The molecule has 108 valence electrons. The molecule has 0 aromatic heterocycles. The summed E-state index contributed by atoms with van der Waals surface area (Å²) in [6.07, 6.45) is 6.93. The maximum atomic E-state index is 4.10. The third-order valence-electron chi connectivity index (χ3n) is 3.39. The van der Waals surface area contributed by atoms with Crippen LogP contribution in [0, 0.1) is 0 Å². The van der Waals surface area contributed by atoms with E-state index >= 15 is 0 Å². The van der Waals surface area contributed by atoms with Crippen molar-refractivity contribution in [2.75, 3.05) is 0 Å². The van der Waals surface area contributed by atoms with E-state index in [4.69, 9.17) is 0 Å². The Hall–Kier alpha value is -2.22. The normalized spacial score (nSPS) is 11.5. The molecule has 21 heavy (non-hydrogen) atoms. The fourth-order valence-electron chi connectivity index (χ4n) is 2.10. The van der Waals surface area contributed by atoms with Crippen LogP contribution in [0.15, 0.2) is 58.7 Å². The fourth-order valence-corrected chi connectivity index (χ4v) is 2.10. The van der Waals surface area contributed by atoms with Crippen LogP contribution in [0.25, 0.3) is 0 Å². The Labute approximate surface area is 127 Å². The van der Waals surface area contributed by atoms with Crippen LogP contribution in [0.1, 0.15) is 42.5 Å². The minimum absolute atomic E-state index is 1.06. The highest BCUT2D eigenvalue weighted by atomic mass is 15.2. The van der Waals surface area contributed by atoms with Gasteiger partial charge in [-0.15, -0.1) is 0 Å². The molecule has 2 rings (SSSR count). The fraction of sp³-hybridized carbons (Fsp3) is 0.263. The van der Waals surface area contributed by atoms with Gasteiger partial charge in [0, 0.05) is 0 Å². The average Bonchev–Trinajstić information content (AvgIpc) is 2.54. The molecule has 0 aliphatic carbocycles. The van der Waals surface area contributed by atoms with Crippen LogP contribution in [0.4, 0.5) is 0 Å². The number of aryl methyl sites for hydroxylation is 2. The lowest BCUT2D eigenvalue weighted by Crippen LogP contribution is -1.85. The quantitative estimate of drug-likeness (QED) is 0.542. The van der Waals surface area contributed by atoms with Crippen LogP contribution in [0.3, 0.4) is 0 Å². The number of nitrogens with zero attached hydrogens (tertiary/aromatic N) is 2. The SMILES string of the molecule is CCCc1ccc(C=NN=Cc2ccc(CC)cc2)cc1. The summed E-state index contributed by atoms with van der Waals surface area (Å²) in [7, 11) is 0. The van der Waals surface area contributed by atoms with E-state index in [0.717, 1.165) is 24.0 Å². The minimum Gasteiger partial charge on any atom is -0.159 e. The topological polar surface area (TPSA) is 24.7 Å². The third-order valence-corrected chi connectivity index (χ3v) is 3.39. The van der Waals surface area contributed by atoms with Gasteiger partial charge in [0.05, 0.1) is 12.4 Å². The Morgan fingerprint density at radius 2 is 1.19 bits per heavy atom. The predicted octanol–water partition coefficient (Wildman–Crippen LogP) is 4.65. The van der Waals surface area contributed by atoms with Crippen molar-refractivity contribution in [1.82, 2.24) is 0 Å². The summed E-state index contributed by atoms with van der Waals surface area (Å²) in [4.78, 5) is 0. The van der Waals surface area contributed by atoms with E-state index < -0.39 is 0 Å². The zero-order valence-electron chi connectivity index (χ0n) is 12.8. The van der Waals surface area contributed by atoms with Gasteiger partial charge in [-0.3, -0.25) is 0 Å². The molecule has 0 radical (unpaired) electrons. The molecule has 2 heteroatoms. The van der Waals surface area contributed by atoms with Crippen molar-refractivity contribution < 1.29 is 0 Å². The van der Waals surface area contributed by atoms with Crippen molar-refractivity contribution in [2.45, 2.75) is 33.1 Å². The monoisotopic (exact) mass is 278 g/mol. The van der Waals surface area contributed by atoms with Gasteiger partial charge in [0.25, 0.3) is 0 Å². The van der Waals surface area contributed by atoms with Gasteiger partial charge in [0.1, 0.15) is 0 Å². The molecule has 0 aliphatic rings. The highest BCUT2D eigenvalue weighted by molar-refractivity contribution is 5.82. The summed E-state index contributed by atoms with van der Waals surface area (Å²) in [5.74, 6) is 0. The van der Waals surface area contributed by atoms with Crippen LogP contribution in [0.2, 0.25) is 0 Å². The first kappa shape index (κ1) is 15.2. The molecular formula is C19H22N2. The Bertz CT molecular complexity index is 592. The minimum atomic E-state index is 1.06. The van der Waals surface area contributed by atoms with Crippen molar-refractivity contribution in [3.8, 4) is 0 Å². The predicted molar refractivity (Wildman–Crippen MR) is 91.4 cm³/mol. The van der Waals surface area contributed by atoms with Gasteiger partial charge in [-0.05, 0) is 35.1 Å². The summed E-state index contributed by atoms with van der Waals surface area (Å²) >= 11 is 0. The maximum Gasteiger partial charge on any atom is 0.0568 e. The molecule has 2 nitrogen and oxygen atoms in total. The summed E-state index contributed by atoms with van der Waals surface area (Å²) in [5.41, 5.74) is 4.85. The van der Waals surface area contributed by atoms with Crippen molar-refractivity contribution in [3.05, 3.63) is 70.8 Å². The molecule has 2 aromatic carbocycles. The lowest BCUT2D eigenvalue weighted by Gasteiger charge is -1.98. The van der Waals surface area contributed by atoms with Crippen LogP contribution in [-0.4, -0.2) is 12.4 Å². The van der Waals surface area contributed by atoms with E-state index in [-0.39, 0.29) is 0 Å². The van der Waals surface area contributed by atoms with Crippen molar-refractivity contribution >= 4 is 12.4 Å². The molecule has 0 heterocycles. The number of hydrogen-bond acceptors (Lipinski definition) is 2. The average molecular weight is 278 g/mol. The summed E-state index contributed by atoms with van der Waals surface area (Å²) in [5, 5.41) is 8.20. The van der Waals surface area contributed by atoms with Crippen LogP contribution in [-0.2, 0) is 12.8 Å². The first-order valence-corrected chi connectivity index (χ1v) is 7.56. The van der Waals surface area contributed by atoms with Gasteiger partial charge >= 0.3 is 0 Å². The molecule has 0 aliphatic heterocycles. The lowest BCUT2D eigenvalue weighted by molar-refractivity contribution is 0.922. The molecule has 0 fully saturated rings. The summed E-state index contributed by atoms with van der Waals surface area (Å²) in [6, 6.07) is 16.8. The second-order valence-corrected chi connectivity index (χ2v) is 5.08. The highest BCUT2D eigenvalue weighted by Gasteiger charge is 1.91. The maximum absolute atomic E-state index is 4.10. The Balaban J connectivity index is 1.92. The summed E-state index contributed by atoms with van der Waals surface area (Å²) in [6.45, 7) is 4.34. The second kappa shape index (κ2) is 8.15. The van der Waals surface area contributed by atoms with Crippen LogP contribution >= 0.6 is 0 Å². The Kier molecular flexibility index (Phi) is 5.89. The van der Waals surface area contributed by atoms with Crippen molar-refractivity contribution in [1.29, 1.82) is 0 Å². The standard InChI is InChI=1S/C19H22N2/c1-3-5-17-8-12-19(13-9-17)15-21-20-14-18-10-6-16(4-2)7-11-18/h6-15H,3-5H2,1-2H3. The largest absolute Gasteiger partial charge is 0.159 e. The number of benzene rings is 2. The van der Waals surface area contributed by atoms with Crippen LogP contribution < -0.4 is 0 Å². The van der Waals surface area contributed by atoms with E-state index in [1.54, 1.807) is 12.4 Å². The van der Waals surface area contributed by atoms with Crippen molar-refractivity contribution in [2.24, 2.45) is 10.2 Å². The zero-order valence-corrected chi connectivity index (χ0v) is 12.8. The van der Waals surface area contributed by atoms with Gasteiger partial charge in [-0.1, -0.05) is 68.8 Å². The van der Waals surface area contributed by atoms with Gasteiger partial charge in [0.2, 0.25) is 0 Å². The van der Waals surface area contributed by atoms with Gasteiger partial charge in [-0.25, -0.2) is 0 Å². The molecule has 0 bridgehead atoms. The van der Waals surface area contributed by atoms with E-state index in [1.165, 1.54) is 17.5 Å². The van der Waals surface area contributed by atoms with E-state index in [1.807, 2.05) is 0 Å². The number of rotatable bonds is 6. The molecule has 0 atom stereocenters. The lowest BCUT2D eigenvalue weighted by atomic mass is 10.1. The van der Waals surface area contributed by atoms with Crippen LogP contribution in [0.5, 0.6) is 0 Å². The molecule has 0 spiro atoms. The Morgan fingerprint density at radius 1 is 0.714 bits per heavy atom. The number of hydrogen-bond donors (Lipinski definition) is 0. The Morgan fingerprint density at radius 3 is 1.62 bits per heavy atom. The molecule has 0 amide bonds. The molecule has 0 saturated heterocycles. The van der Waals surface area contributed by atoms with E-state index in [2.05, 4.69) is 72.6 Å². The molecular weight excluding hydrogens is 256 g/mol. The van der Waals surface area contributed by atoms with Gasteiger partial charge in [-0.2, -0.15) is 10.2 Å². The molecule has 0 saturated carbocycles. The molecule has 2 aromatic rings. The first-order valence-electron chi connectivity index (χ1n) is 7.56. The zero-order chi connectivity index (χ0) is 14.9. The first-order chi connectivity index (χ1) is 10.3. The highest BCUT2D eigenvalue weighted by Crippen LogP contribution is 2.05. The third kappa shape index (κ3) is 4.99. The van der Waals surface area contributed by atoms with E-state index in [9.17, 15) is 0 Å². The van der Waals surface area contributed by atoms with Gasteiger partial charge in [0.15, 0.2) is 0 Å². The molecule has 0 unspecified atom stereocenters. The second-order valence-electron chi connectivity index (χ2n) is 5.08. The van der Waals surface area contributed by atoms with E-state index in [0.29, 0.717) is 0 Å². The van der Waals surface area contributed by atoms with Gasteiger partial charge < -0.3 is 0 Å². The smallest absolute Gasteiger partial charge is 0.0568 e. The van der Waals surface area contributed by atoms with Crippen molar-refractivity contribution in [3.63, 3.8) is 0 Å².